The Morgan fingerprint density at radius 2 is 1.50 bits per heavy atom. The molecule has 0 atom stereocenters. The third-order valence-corrected chi connectivity index (χ3v) is 4.81. The molecule has 0 saturated carbocycles. The van der Waals surface area contributed by atoms with Crippen molar-refractivity contribution in [2.75, 3.05) is 20.0 Å². The van der Waals surface area contributed by atoms with Crippen molar-refractivity contribution in [2.24, 2.45) is 0 Å². The van der Waals surface area contributed by atoms with Crippen molar-refractivity contribution >= 4 is 17.6 Å². The van der Waals surface area contributed by atoms with Crippen LogP contribution in [0.25, 0.3) is 0 Å². The quantitative estimate of drug-likeness (QED) is 0.402. The Morgan fingerprint density at radius 3 is 2.12 bits per heavy atom. The third-order valence-electron chi connectivity index (χ3n) is 4.81. The first-order chi connectivity index (χ1) is 15.5. The zero-order chi connectivity index (χ0) is 23.1. The molecule has 0 heterocycles. The standard InChI is InChI=1S/C25H25NO6/c1-4-16-12-21(31-15-17-8-6-5-7-9-17)23(25(28)30-3)22(13-16)32-20-11-10-18(14-19(20)26)24(27)29-2/h5-14H,4,15,26H2,1-3H3. The average molecular weight is 435 g/mol. The summed E-state index contributed by atoms with van der Waals surface area (Å²) in [5.74, 6) is -0.236. The predicted octanol–water partition coefficient (Wildman–Crippen LogP) is 4.78. The van der Waals surface area contributed by atoms with E-state index in [2.05, 4.69) is 0 Å². The minimum atomic E-state index is -0.601. The SMILES string of the molecule is CCc1cc(OCc2ccccc2)c(C(=O)OC)c(Oc2ccc(C(=O)OC)cc2N)c1. The van der Waals surface area contributed by atoms with Crippen molar-refractivity contribution in [1.82, 2.24) is 0 Å². The van der Waals surface area contributed by atoms with Crippen LogP contribution >= 0.6 is 0 Å². The first kappa shape index (κ1) is 22.7. The molecule has 0 aliphatic rings. The number of carbonyl (C=O) groups excluding carboxylic acids is 2. The maximum atomic E-state index is 12.6. The lowest BCUT2D eigenvalue weighted by Crippen LogP contribution is -2.09. The highest BCUT2D eigenvalue weighted by Gasteiger charge is 2.23. The number of hydrogen-bond donors (Lipinski definition) is 1. The van der Waals surface area contributed by atoms with Crippen LogP contribution in [-0.4, -0.2) is 26.2 Å². The highest BCUT2D eigenvalue weighted by atomic mass is 16.5. The molecule has 3 aromatic carbocycles. The molecule has 3 aromatic rings. The summed E-state index contributed by atoms with van der Waals surface area (Å²) in [7, 11) is 2.58. The van der Waals surface area contributed by atoms with E-state index in [1.807, 2.05) is 37.3 Å². The Balaban J connectivity index is 2.00. The molecule has 7 nitrogen and oxygen atoms in total. The van der Waals surface area contributed by atoms with Gasteiger partial charge in [0, 0.05) is 0 Å². The number of esters is 2. The van der Waals surface area contributed by atoms with Gasteiger partial charge in [-0.15, -0.1) is 0 Å². The fourth-order valence-corrected chi connectivity index (χ4v) is 3.09. The van der Waals surface area contributed by atoms with E-state index in [4.69, 9.17) is 24.7 Å². The van der Waals surface area contributed by atoms with Crippen LogP contribution in [0, 0.1) is 0 Å². The normalized spacial score (nSPS) is 10.3. The van der Waals surface area contributed by atoms with Crippen molar-refractivity contribution in [1.29, 1.82) is 0 Å². The molecular weight excluding hydrogens is 410 g/mol. The fraction of sp³-hybridized carbons (Fsp3) is 0.200. The summed E-state index contributed by atoms with van der Waals surface area (Å²) in [4.78, 5) is 24.4. The van der Waals surface area contributed by atoms with Gasteiger partial charge in [0.05, 0.1) is 25.5 Å². The molecule has 0 aliphatic heterocycles. The molecule has 0 aromatic heterocycles. The highest BCUT2D eigenvalue weighted by Crippen LogP contribution is 2.37. The molecule has 166 valence electrons. The molecule has 2 N–H and O–H groups in total. The summed E-state index contributed by atoms with van der Waals surface area (Å²) in [5, 5.41) is 0. The van der Waals surface area contributed by atoms with E-state index in [9.17, 15) is 9.59 Å². The maximum Gasteiger partial charge on any atom is 0.345 e. The van der Waals surface area contributed by atoms with Crippen LogP contribution in [0.2, 0.25) is 0 Å². The Bertz CT molecular complexity index is 1110. The number of anilines is 1. The molecule has 0 aliphatic carbocycles. The number of methoxy groups -OCH3 is 2. The third kappa shape index (κ3) is 5.18. The van der Waals surface area contributed by atoms with Gasteiger partial charge in [-0.05, 0) is 47.9 Å². The Kier molecular flexibility index (Phi) is 7.33. The van der Waals surface area contributed by atoms with Gasteiger partial charge in [-0.25, -0.2) is 9.59 Å². The zero-order valence-electron chi connectivity index (χ0n) is 18.2. The maximum absolute atomic E-state index is 12.6. The van der Waals surface area contributed by atoms with Gasteiger partial charge in [0.2, 0.25) is 0 Å². The molecule has 0 saturated heterocycles. The van der Waals surface area contributed by atoms with E-state index in [0.717, 1.165) is 11.1 Å². The summed E-state index contributed by atoms with van der Waals surface area (Å²) in [5.41, 5.74) is 8.60. The lowest BCUT2D eigenvalue weighted by Gasteiger charge is -2.17. The lowest BCUT2D eigenvalue weighted by atomic mass is 10.1. The van der Waals surface area contributed by atoms with Gasteiger partial charge < -0.3 is 24.7 Å². The molecule has 0 amide bonds. The number of nitrogen functional groups attached to an aromatic ring is 1. The van der Waals surface area contributed by atoms with Gasteiger partial charge >= 0.3 is 11.9 Å². The number of rotatable bonds is 8. The second-order valence-corrected chi connectivity index (χ2v) is 6.93. The Labute approximate surface area is 186 Å². The molecule has 7 heteroatoms. The largest absolute Gasteiger partial charge is 0.488 e. The highest BCUT2D eigenvalue weighted by molar-refractivity contribution is 5.96. The summed E-state index contributed by atoms with van der Waals surface area (Å²) in [6.45, 7) is 2.25. The van der Waals surface area contributed by atoms with Crippen molar-refractivity contribution in [3.63, 3.8) is 0 Å². The van der Waals surface area contributed by atoms with Gasteiger partial charge in [-0.3, -0.25) is 0 Å². The summed E-state index contributed by atoms with van der Waals surface area (Å²) < 4.78 is 21.7. The Morgan fingerprint density at radius 1 is 0.812 bits per heavy atom. The van der Waals surface area contributed by atoms with Gasteiger partial charge in [0.1, 0.15) is 29.4 Å². The molecule has 32 heavy (non-hydrogen) atoms. The first-order valence-corrected chi connectivity index (χ1v) is 10.0. The predicted molar refractivity (Wildman–Crippen MR) is 120 cm³/mol. The molecule has 0 spiro atoms. The van der Waals surface area contributed by atoms with E-state index < -0.39 is 11.9 Å². The topological polar surface area (TPSA) is 97.1 Å². The smallest absolute Gasteiger partial charge is 0.345 e. The molecule has 0 unspecified atom stereocenters. The number of ether oxygens (including phenoxy) is 4. The number of aryl methyl sites for hydroxylation is 1. The minimum absolute atomic E-state index is 0.150. The summed E-state index contributed by atoms with van der Waals surface area (Å²) >= 11 is 0. The number of nitrogens with two attached hydrogens (primary N) is 1. The van der Waals surface area contributed by atoms with Gasteiger partial charge in [-0.1, -0.05) is 37.3 Å². The van der Waals surface area contributed by atoms with E-state index in [0.29, 0.717) is 17.7 Å². The van der Waals surface area contributed by atoms with Crippen LogP contribution in [0.5, 0.6) is 17.2 Å². The number of carbonyl (C=O) groups is 2. The van der Waals surface area contributed by atoms with Crippen molar-refractivity contribution in [3.05, 3.63) is 82.9 Å². The molecule has 0 radical (unpaired) electrons. The van der Waals surface area contributed by atoms with Crippen LogP contribution in [0.15, 0.2) is 60.7 Å². The molecule has 0 fully saturated rings. The van der Waals surface area contributed by atoms with Crippen molar-refractivity contribution in [3.8, 4) is 17.2 Å². The van der Waals surface area contributed by atoms with Gasteiger partial charge in [0.25, 0.3) is 0 Å². The van der Waals surface area contributed by atoms with Gasteiger partial charge in [0.15, 0.2) is 0 Å². The van der Waals surface area contributed by atoms with Crippen molar-refractivity contribution in [2.45, 2.75) is 20.0 Å². The zero-order valence-corrected chi connectivity index (χ0v) is 18.2. The monoisotopic (exact) mass is 435 g/mol. The number of benzene rings is 3. The van der Waals surface area contributed by atoms with E-state index in [1.54, 1.807) is 18.2 Å². The van der Waals surface area contributed by atoms with Crippen LogP contribution in [0.3, 0.4) is 0 Å². The lowest BCUT2D eigenvalue weighted by molar-refractivity contribution is 0.0587. The molecule has 0 bridgehead atoms. The van der Waals surface area contributed by atoms with Crippen LogP contribution < -0.4 is 15.2 Å². The van der Waals surface area contributed by atoms with E-state index >= 15 is 0 Å². The summed E-state index contributed by atoms with van der Waals surface area (Å²) in [6, 6.07) is 17.7. The fourth-order valence-electron chi connectivity index (χ4n) is 3.09. The van der Waals surface area contributed by atoms with Gasteiger partial charge in [-0.2, -0.15) is 0 Å². The second kappa shape index (κ2) is 10.3. The first-order valence-electron chi connectivity index (χ1n) is 10.0. The van der Waals surface area contributed by atoms with E-state index in [-0.39, 0.29) is 29.4 Å². The Hall–Kier alpha value is -4.00. The average Bonchev–Trinajstić information content (AvgIpc) is 2.83. The van der Waals surface area contributed by atoms with E-state index in [1.165, 1.54) is 26.4 Å². The van der Waals surface area contributed by atoms with Crippen LogP contribution in [0.4, 0.5) is 5.69 Å². The van der Waals surface area contributed by atoms with Crippen molar-refractivity contribution < 1.29 is 28.5 Å². The molecule has 3 rings (SSSR count). The molecular formula is C25H25NO6. The second-order valence-electron chi connectivity index (χ2n) is 6.93. The van der Waals surface area contributed by atoms with Crippen LogP contribution in [0.1, 0.15) is 38.8 Å². The minimum Gasteiger partial charge on any atom is -0.488 e. The summed E-state index contributed by atoms with van der Waals surface area (Å²) in [6.07, 6.45) is 0.691. The number of hydrogen-bond acceptors (Lipinski definition) is 7. The van der Waals surface area contributed by atoms with Crippen LogP contribution in [-0.2, 0) is 22.5 Å².